The van der Waals surface area contributed by atoms with E-state index in [4.69, 9.17) is 14.2 Å². The molecular weight excluding hydrogens is 356 g/mol. The van der Waals surface area contributed by atoms with Crippen LogP contribution >= 0.6 is 0 Å². The van der Waals surface area contributed by atoms with Crippen molar-refractivity contribution < 1.29 is 19.0 Å². The van der Waals surface area contributed by atoms with E-state index in [1.807, 2.05) is 61.5 Å². The maximum absolute atomic E-state index is 12.5. The molecule has 2 aromatic rings. The van der Waals surface area contributed by atoms with Crippen molar-refractivity contribution in [2.24, 2.45) is 0 Å². The Labute approximate surface area is 165 Å². The largest absolute Gasteiger partial charge is 0.493 e. The number of ether oxygens (including phenoxy) is 3. The van der Waals surface area contributed by atoms with E-state index in [-0.39, 0.29) is 11.9 Å². The number of hydrogen-bond acceptors (Lipinski definition) is 5. The molecule has 0 aromatic heterocycles. The van der Waals surface area contributed by atoms with Gasteiger partial charge in [0.1, 0.15) is 13.2 Å². The monoisotopic (exact) mass is 382 g/mol. The minimum Gasteiger partial charge on any atom is -0.493 e. The van der Waals surface area contributed by atoms with Gasteiger partial charge in [-0.25, -0.2) is 0 Å². The van der Waals surface area contributed by atoms with Gasteiger partial charge >= 0.3 is 0 Å². The summed E-state index contributed by atoms with van der Waals surface area (Å²) in [6.45, 7) is 1.70. The summed E-state index contributed by atoms with van der Waals surface area (Å²) in [6.07, 6.45) is 3.27. The third-order valence-electron chi connectivity index (χ3n) is 4.34. The number of nitrogens with zero attached hydrogens (tertiary/aromatic N) is 1. The second kappa shape index (κ2) is 9.28. The Hall–Kier alpha value is -2.99. The summed E-state index contributed by atoms with van der Waals surface area (Å²) < 4.78 is 16.6. The quantitative estimate of drug-likeness (QED) is 0.746. The molecule has 28 heavy (non-hydrogen) atoms. The third-order valence-corrected chi connectivity index (χ3v) is 4.34. The number of hydrogen-bond donors (Lipinski definition) is 1. The molecule has 1 atom stereocenters. The first-order valence-electron chi connectivity index (χ1n) is 9.22. The molecule has 1 amide bonds. The van der Waals surface area contributed by atoms with Gasteiger partial charge in [-0.3, -0.25) is 4.79 Å². The highest BCUT2D eigenvalue weighted by atomic mass is 16.6. The molecule has 1 N–H and O–H groups in total. The Balaban J connectivity index is 1.73. The van der Waals surface area contributed by atoms with Crippen LogP contribution in [0.4, 0.5) is 0 Å². The van der Waals surface area contributed by atoms with Crippen LogP contribution in [0.2, 0.25) is 0 Å². The lowest BCUT2D eigenvalue weighted by molar-refractivity contribution is -0.117. The van der Waals surface area contributed by atoms with Crippen LogP contribution in [-0.4, -0.2) is 51.8 Å². The van der Waals surface area contributed by atoms with E-state index in [9.17, 15) is 4.79 Å². The van der Waals surface area contributed by atoms with Gasteiger partial charge in [-0.2, -0.15) is 0 Å². The minimum atomic E-state index is -0.162. The molecule has 1 aliphatic rings. The van der Waals surface area contributed by atoms with Gasteiger partial charge in [-0.1, -0.05) is 30.3 Å². The summed E-state index contributed by atoms with van der Waals surface area (Å²) >= 11 is 0. The number of methoxy groups -OCH3 is 1. The Kier molecular flexibility index (Phi) is 6.55. The first-order valence-corrected chi connectivity index (χ1v) is 9.22. The van der Waals surface area contributed by atoms with Gasteiger partial charge < -0.3 is 24.4 Å². The van der Waals surface area contributed by atoms with Gasteiger partial charge in [-0.05, 0) is 43.4 Å². The average Bonchev–Trinajstić information content (AvgIpc) is 2.71. The lowest BCUT2D eigenvalue weighted by atomic mass is 10.1. The summed E-state index contributed by atoms with van der Waals surface area (Å²) in [5.41, 5.74) is 1.87. The number of benzene rings is 2. The average molecular weight is 382 g/mol. The van der Waals surface area contributed by atoms with Gasteiger partial charge in [-0.15, -0.1) is 0 Å². The molecule has 2 aromatic carbocycles. The molecule has 0 spiro atoms. The van der Waals surface area contributed by atoms with Gasteiger partial charge in [0.05, 0.1) is 13.2 Å². The number of rotatable bonds is 7. The van der Waals surface area contributed by atoms with E-state index in [1.54, 1.807) is 13.2 Å². The zero-order valence-corrected chi connectivity index (χ0v) is 16.5. The van der Waals surface area contributed by atoms with Crippen molar-refractivity contribution in [3.63, 3.8) is 0 Å². The highest BCUT2D eigenvalue weighted by molar-refractivity contribution is 5.92. The second-order valence-corrected chi connectivity index (χ2v) is 6.81. The summed E-state index contributed by atoms with van der Waals surface area (Å²) in [7, 11) is 5.55. The van der Waals surface area contributed by atoms with Crippen LogP contribution in [-0.2, 0) is 4.79 Å². The summed E-state index contributed by atoms with van der Waals surface area (Å²) in [5.74, 6) is 1.66. The van der Waals surface area contributed by atoms with E-state index >= 15 is 0 Å². The van der Waals surface area contributed by atoms with Crippen molar-refractivity contribution >= 4 is 12.0 Å². The van der Waals surface area contributed by atoms with E-state index in [0.29, 0.717) is 37.0 Å². The first-order chi connectivity index (χ1) is 13.6. The van der Waals surface area contributed by atoms with E-state index in [2.05, 4.69) is 5.32 Å². The van der Waals surface area contributed by atoms with Gasteiger partial charge in [0.2, 0.25) is 11.7 Å². The van der Waals surface area contributed by atoms with Gasteiger partial charge in [0.15, 0.2) is 11.5 Å². The standard InChI is InChI=1S/C22H26N2O4/c1-24(2)15-18(17-7-5-4-6-8-17)23-21(25)10-9-16-13-19(26-3)22-20(14-16)27-11-12-28-22/h4-10,13-14,18H,11-12,15H2,1-3H3,(H,23,25)/b10-9+/t18-/m1/s1. The van der Waals surface area contributed by atoms with Crippen molar-refractivity contribution in [3.8, 4) is 17.2 Å². The molecule has 1 heterocycles. The Morgan fingerprint density at radius 3 is 2.68 bits per heavy atom. The molecule has 6 nitrogen and oxygen atoms in total. The fourth-order valence-corrected chi connectivity index (χ4v) is 3.07. The first kappa shape index (κ1) is 19.8. The number of amides is 1. The SMILES string of the molecule is COc1cc(/C=C/C(=O)N[C@H](CN(C)C)c2ccccc2)cc2c1OCCO2. The normalized spacial score (nSPS) is 14.1. The summed E-state index contributed by atoms with van der Waals surface area (Å²) in [6, 6.07) is 13.5. The topological polar surface area (TPSA) is 60.0 Å². The van der Waals surface area contributed by atoms with Crippen LogP contribution in [0, 0.1) is 0 Å². The number of nitrogens with one attached hydrogen (secondary N) is 1. The van der Waals surface area contributed by atoms with Crippen molar-refractivity contribution in [3.05, 3.63) is 59.7 Å². The van der Waals surface area contributed by atoms with Gasteiger partial charge in [0.25, 0.3) is 0 Å². The fraction of sp³-hybridized carbons (Fsp3) is 0.318. The molecule has 1 aliphatic heterocycles. The number of fused-ring (bicyclic) bond motifs is 1. The van der Waals surface area contributed by atoms with Crippen molar-refractivity contribution in [2.45, 2.75) is 6.04 Å². The predicted molar refractivity (Wildman–Crippen MR) is 109 cm³/mol. The molecule has 3 rings (SSSR count). The summed E-state index contributed by atoms with van der Waals surface area (Å²) in [5, 5.41) is 3.07. The van der Waals surface area contributed by atoms with Crippen molar-refractivity contribution in [1.82, 2.24) is 10.2 Å². The van der Waals surface area contributed by atoms with Crippen LogP contribution in [0.15, 0.2) is 48.5 Å². The fourth-order valence-electron chi connectivity index (χ4n) is 3.07. The molecule has 0 saturated heterocycles. The highest BCUT2D eigenvalue weighted by Gasteiger charge is 2.18. The molecule has 0 bridgehead atoms. The maximum atomic E-state index is 12.5. The van der Waals surface area contributed by atoms with Crippen molar-refractivity contribution in [1.29, 1.82) is 0 Å². The van der Waals surface area contributed by atoms with Crippen LogP contribution in [0.5, 0.6) is 17.2 Å². The molecule has 148 valence electrons. The molecular formula is C22H26N2O4. The van der Waals surface area contributed by atoms with Crippen LogP contribution < -0.4 is 19.5 Å². The zero-order chi connectivity index (χ0) is 19.9. The minimum absolute atomic E-state index is 0.0943. The summed E-state index contributed by atoms with van der Waals surface area (Å²) in [4.78, 5) is 14.6. The predicted octanol–water partition coefficient (Wildman–Crippen LogP) is 2.90. The van der Waals surface area contributed by atoms with E-state index < -0.39 is 0 Å². The molecule has 6 heteroatoms. The molecule has 0 radical (unpaired) electrons. The Bertz CT molecular complexity index is 817. The number of carbonyl (C=O) groups is 1. The van der Waals surface area contributed by atoms with E-state index in [0.717, 1.165) is 11.1 Å². The van der Waals surface area contributed by atoms with Crippen LogP contribution in [0.1, 0.15) is 17.2 Å². The maximum Gasteiger partial charge on any atom is 0.244 e. The van der Waals surface area contributed by atoms with E-state index in [1.165, 1.54) is 6.08 Å². The number of carbonyl (C=O) groups excluding carboxylic acids is 1. The molecule has 0 fully saturated rings. The Morgan fingerprint density at radius 1 is 1.21 bits per heavy atom. The molecule has 0 aliphatic carbocycles. The Morgan fingerprint density at radius 2 is 1.96 bits per heavy atom. The van der Waals surface area contributed by atoms with Crippen LogP contribution in [0.3, 0.4) is 0 Å². The molecule has 0 saturated carbocycles. The third kappa shape index (κ3) is 5.04. The lowest BCUT2D eigenvalue weighted by Crippen LogP contribution is -2.34. The van der Waals surface area contributed by atoms with Crippen molar-refractivity contribution in [2.75, 3.05) is 41.0 Å². The number of likely N-dealkylation sites (N-methyl/N-ethyl adjacent to an activating group) is 1. The van der Waals surface area contributed by atoms with Crippen LogP contribution in [0.25, 0.3) is 6.08 Å². The lowest BCUT2D eigenvalue weighted by Gasteiger charge is -2.22. The second-order valence-electron chi connectivity index (χ2n) is 6.81. The molecule has 0 unspecified atom stereocenters. The zero-order valence-electron chi connectivity index (χ0n) is 16.5. The van der Waals surface area contributed by atoms with Gasteiger partial charge in [0, 0.05) is 12.6 Å². The smallest absolute Gasteiger partial charge is 0.244 e. The highest BCUT2D eigenvalue weighted by Crippen LogP contribution is 2.40.